The average Bonchev–Trinajstić information content (AvgIpc) is 2.79. The smallest absolute Gasteiger partial charge is 0.251 e. The maximum atomic E-state index is 11.8. The Labute approximate surface area is 178 Å². The first-order chi connectivity index (χ1) is 14.6. The Kier molecular flexibility index (Phi) is 6.26. The molecular weight excluding hydrogens is 372 g/mol. The van der Waals surface area contributed by atoms with E-state index < -0.39 is 0 Å². The molecule has 4 rings (SSSR count). The lowest BCUT2D eigenvalue weighted by Gasteiger charge is -2.33. The van der Waals surface area contributed by atoms with Crippen molar-refractivity contribution >= 4 is 5.82 Å². The molecule has 5 heteroatoms. The first kappa shape index (κ1) is 20.3. The summed E-state index contributed by atoms with van der Waals surface area (Å²) in [5.74, 6) is 2.38. The van der Waals surface area contributed by atoms with Gasteiger partial charge in [-0.1, -0.05) is 36.8 Å². The Hall–Kier alpha value is -2.95. The Balaban J connectivity index is 1.33. The van der Waals surface area contributed by atoms with Gasteiger partial charge in [0.25, 0.3) is 5.56 Å². The van der Waals surface area contributed by atoms with Crippen LogP contribution in [0.2, 0.25) is 0 Å². The molecule has 3 aromatic rings. The fourth-order valence-corrected chi connectivity index (χ4v) is 4.12. The van der Waals surface area contributed by atoms with Crippen LogP contribution in [0.3, 0.4) is 0 Å². The van der Waals surface area contributed by atoms with Gasteiger partial charge in [-0.2, -0.15) is 0 Å². The van der Waals surface area contributed by atoms with Crippen LogP contribution >= 0.6 is 0 Å². The number of piperidine rings is 1. The molecule has 0 radical (unpaired) electrons. The first-order valence-electron chi connectivity index (χ1n) is 11.0. The SMILES string of the molecule is CCc1cc(=O)[nH]c(-c2ccc(N3CCC(CCc4ccc(C)cc4)CC3)nc2)n1. The summed E-state index contributed by atoms with van der Waals surface area (Å²) in [7, 11) is 0. The monoisotopic (exact) mass is 402 g/mol. The van der Waals surface area contributed by atoms with Gasteiger partial charge in [-0.15, -0.1) is 0 Å². The topological polar surface area (TPSA) is 61.9 Å². The standard InChI is InChI=1S/C25H30N4O/c1-3-22-16-24(30)28-25(27-22)21-10-11-23(26-17-21)29-14-12-20(13-15-29)9-8-19-6-4-18(2)5-7-19/h4-7,10-11,16-17,20H,3,8-9,12-15H2,1-2H3,(H,27,28,30). The van der Waals surface area contributed by atoms with Gasteiger partial charge in [-0.25, -0.2) is 9.97 Å². The molecule has 1 aliphatic heterocycles. The lowest BCUT2D eigenvalue weighted by atomic mass is 9.90. The fraction of sp³-hybridized carbons (Fsp3) is 0.400. The number of aromatic amines is 1. The molecule has 0 atom stereocenters. The van der Waals surface area contributed by atoms with E-state index in [0.29, 0.717) is 5.82 Å². The third kappa shape index (κ3) is 4.96. The normalized spacial score (nSPS) is 14.8. The Morgan fingerprint density at radius 1 is 1.10 bits per heavy atom. The number of hydrogen-bond acceptors (Lipinski definition) is 4. The van der Waals surface area contributed by atoms with E-state index in [-0.39, 0.29) is 5.56 Å². The second-order valence-electron chi connectivity index (χ2n) is 8.30. The van der Waals surface area contributed by atoms with Crippen LogP contribution in [0.15, 0.2) is 53.5 Å². The minimum atomic E-state index is -0.117. The predicted octanol–water partition coefficient (Wildman–Crippen LogP) is 4.55. The zero-order valence-electron chi connectivity index (χ0n) is 17.9. The number of hydrogen-bond donors (Lipinski definition) is 1. The molecule has 30 heavy (non-hydrogen) atoms. The zero-order valence-corrected chi connectivity index (χ0v) is 17.9. The third-order valence-corrected chi connectivity index (χ3v) is 6.08. The number of benzene rings is 1. The van der Waals surface area contributed by atoms with E-state index >= 15 is 0 Å². The molecule has 2 aromatic heterocycles. The van der Waals surface area contributed by atoms with E-state index in [2.05, 4.69) is 51.0 Å². The Morgan fingerprint density at radius 3 is 2.53 bits per heavy atom. The molecule has 1 fully saturated rings. The molecule has 0 saturated carbocycles. The molecule has 0 amide bonds. The van der Waals surface area contributed by atoms with Gasteiger partial charge in [0.2, 0.25) is 0 Å². The van der Waals surface area contributed by atoms with E-state index in [0.717, 1.165) is 42.5 Å². The van der Waals surface area contributed by atoms with Crippen molar-refractivity contribution in [3.63, 3.8) is 0 Å². The van der Waals surface area contributed by atoms with Crippen LogP contribution in [0.1, 0.15) is 43.0 Å². The van der Waals surface area contributed by atoms with Crippen molar-refractivity contribution in [2.45, 2.75) is 46.0 Å². The summed E-state index contributed by atoms with van der Waals surface area (Å²) < 4.78 is 0. The average molecular weight is 403 g/mol. The number of pyridine rings is 1. The second kappa shape index (κ2) is 9.24. The van der Waals surface area contributed by atoms with E-state index in [1.54, 1.807) is 6.07 Å². The van der Waals surface area contributed by atoms with Gasteiger partial charge in [0, 0.05) is 36.6 Å². The molecule has 0 spiro atoms. The maximum absolute atomic E-state index is 11.8. The van der Waals surface area contributed by atoms with Crippen LogP contribution in [-0.2, 0) is 12.8 Å². The molecule has 1 saturated heterocycles. The quantitative estimate of drug-likeness (QED) is 0.657. The largest absolute Gasteiger partial charge is 0.357 e. The number of aryl methyl sites for hydroxylation is 3. The van der Waals surface area contributed by atoms with Crippen LogP contribution in [0, 0.1) is 12.8 Å². The minimum Gasteiger partial charge on any atom is -0.357 e. The van der Waals surface area contributed by atoms with Crippen LogP contribution in [0.5, 0.6) is 0 Å². The van der Waals surface area contributed by atoms with Crippen molar-refractivity contribution in [3.05, 3.63) is 75.8 Å². The lowest BCUT2D eigenvalue weighted by Crippen LogP contribution is -2.34. The highest BCUT2D eigenvalue weighted by molar-refractivity contribution is 5.56. The maximum Gasteiger partial charge on any atom is 0.251 e. The number of anilines is 1. The Bertz CT molecular complexity index is 1020. The van der Waals surface area contributed by atoms with Crippen LogP contribution in [0.25, 0.3) is 11.4 Å². The van der Waals surface area contributed by atoms with E-state index in [9.17, 15) is 4.79 Å². The van der Waals surface area contributed by atoms with Crippen LogP contribution in [0.4, 0.5) is 5.82 Å². The molecule has 1 aliphatic rings. The van der Waals surface area contributed by atoms with E-state index in [4.69, 9.17) is 0 Å². The molecule has 1 N–H and O–H groups in total. The van der Waals surface area contributed by atoms with Gasteiger partial charge in [0.05, 0.1) is 0 Å². The van der Waals surface area contributed by atoms with Crippen LogP contribution < -0.4 is 10.5 Å². The molecule has 156 valence electrons. The number of H-pyrrole nitrogens is 1. The minimum absolute atomic E-state index is 0.117. The van der Waals surface area contributed by atoms with Gasteiger partial charge in [0.1, 0.15) is 11.6 Å². The Morgan fingerprint density at radius 2 is 1.87 bits per heavy atom. The van der Waals surface area contributed by atoms with Gasteiger partial charge in [-0.3, -0.25) is 4.79 Å². The summed E-state index contributed by atoms with van der Waals surface area (Å²) in [5, 5.41) is 0. The summed E-state index contributed by atoms with van der Waals surface area (Å²) in [6.45, 7) is 6.23. The number of nitrogens with zero attached hydrogens (tertiary/aromatic N) is 3. The highest BCUT2D eigenvalue weighted by Crippen LogP contribution is 2.26. The first-order valence-corrected chi connectivity index (χ1v) is 11.0. The molecule has 5 nitrogen and oxygen atoms in total. The third-order valence-electron chi connectivity index (χ3n) is 6.08. The van der Waals surface area contributed by atoms with Crippen LogP contribution in [-0.4, -0.2) is 28.0 Å². The summed E-state index contributed by atoms with van der Waals surface area (Å²) in [6, 6.07) is 14.5. The van der Waals surface area contributed by atoms with Crippen molar-refractivity contribution < 1.29 is 0 Å². The van der Waals surface area contributed by atoms with Gasteiger partial charge in [-0.05, 0) is 62.6 Å². The van der Waals surface area contributed by atoms with Gasteiger partial charge < -0.3 is 9.88 Å². The van der Waals surface area contributed by atoms with Crippen molar-refractivity contribution in [3.8, 4) is 11.4 Å². The van der Waals surface area contributed by atoms with Crippen molar-refractivity contribution in [2.75, 3.05) is 18.0 Å². The number of rotatable bonds is 6. The van der Waals surface area contributed by atoms with Gasteiger partial charge in [0.15, 0.2) is 0 Å². The van der Waals surface area contributed by atoms with E-state index in [1.165, 1.54) is 36.8 Å². The zero-order chi connectivity index (χ0) is 20.9. The summed E-state index contributed by atoms with van der Waals surface area (Å²) in [5.41, 5.74) is 4.29. The molecular formula is C25H30N4O. The predicted molar refractivity (Wildman–Crippen MR) is 122 cm³/mol. The second-order valence-corrected chi connectivity index (χ2v) is 8.30. The molecule has 0 aliphatic carbocycles. The van der Waals surface area contributed by atoms with Crippen molar-refractivity contribution in [1.29, 1.82) is 0 Å². The molecule has 1 aromatic carbocycles. The summed E-state index contributed by atoms with van der Waals surface area (Å²) in [6.07, 6.45) is 7.40. The molecule has 0 unspecified atom stereocenters. The summed E-state index contributed by atoms with van der Waals surface area (Å²) >= 11 is 0. The number of nitrogens with one attached hydrogen (secondary N) is 1. The number of aromatic nitrogens is 3. The highest BCUT2D eigenvalue weighted by Gasteiger charge is 2.20. The summed E-state index contributed by atoms with van der Waals surface area (Å²) in [4.78, 5) is 26.2. The van der Waals surface area contributed by atoms with Crippen molar-refractivity contribution in [1.82, 2.24) is 15.0 Å². The molecule has 0 bridgehead atoms. The van der Waals surface area contributed by atoms with Crippen molar-refractivity contribution in [2.24, 2.45) is 5.92 Å². The fourth-order valence-electron chi connectivity index (χ4n) is 4.12. The van der Waals surface area contributed by atoms with Gasteiger partial charge >= 0.3 is 0 Å². The lowest BCUT2D eigenvalue weighted by molar-refractivity contribution is 0.381. The highest BCUT2D eigenvalue weighted by atomic mass is 16.1. The van der Waals surface area contributed by atoms with E-state index in [1.807, 2.05) is 25.3 Å². The molecule has 3 heterocycles.